The summed E-state index contributed by atoms with van der Waals surface area (Å²) in [6.45, 7) is 2.92. The molecule has 0 saturated carbocycles. The normalized spacial score (nSPS) is 11.8. The van der Waals surface area contributed by atoms with Crippen molar-refractivity contribution in [3.05, 3.63) is 33.2 Å². The summed E-state index contributed by atoms with van der Waals surface area (Å²) < 4.78 is 36.3. The van der Waals surface area contributed by atoms with Crippen molar-refractivity contribution in [1.82, 2.24) is 4.98 Å². The molecule has 0 amide bonds. The lowest BCUT2D eigenvalue weighted by Crippen LogP contribution is -2.16. The molecule has 0 radical (unpaired) electrons. The summed E-state index contributed by atoms with van der Waals surface area (Å²) in [7, 11) is 0. The second-order valence-electron chi connectivity index (χ2n) is 2.80. The summed E-state index contributed by atoms with van der Waals surface area (Å²) in [6.07, 6.45) is -4.49. The van der Waals surface area contributed by atoms with Crippen LogP contribution in [0.2, 0.25) is 0 Å². The lowest BCUT2D eigenvalue weighted by molar-refractivity contribution is -0.141. The Morgan fingerprint density at radius 3 is 2.23 bits per heavy atom. The maximum absolute atomic E-state index is 12.1. The Bertz CT molecular complexity index is 378. The highest BCUT2D eigenvalue weighted by Gasteiger charge is 2.32. The number of halogens is 3. The molecule has 1 heterocycles. The first-order valence-electron chi connectivity index (χ1n) is 3.60. The van der Waals surface area contributed by atoms with Crippen LogP contribution in [0.15, 0.2) is 10.9 Å². The predicted molar refractivity (Wildman–Crippen MR) is 41.5 cm³/mol. The highest BCUT2D eigenvalue weighted by molar-refractivity contribution is 5.21. The van der Waals surface area contributed by atoms with E-state index in [-0.39, 0.29) is 5.69 Å². The van der Waals surface area contributed by atoms with Gasteiger partial charge in [0.15, 0.2) is 5.43 Å². The molecule has 72 valence electrons. The summed E-state index contributed by atoms with van der Waals surface area (Å²) in [5, 5.41) is 0. The molecule has 0 atom stereocenters. The molecule has 1 N–H and O–H groups in total. The van der Waals surface area contributed by atoms with Crippen LogP contribution in [0, 0.1) is 13.8 Å². The number of alkyl halides is 3. The third-order valence-corrected chi connectivity index (χ3v) is 1.84. The average molecular weight is 191 g/mol. The summed E-state index contributed by atoms with van der Waals surface area (Å²) in [5.41, 5.74) is -1.03. The topological polar surface area (TPSA) is 32.9 Å². The highest BCUT2D eigenvalue weighted by Crippen LogP contribution is 2.26. The number of pyridine rings is 1. The Hall–Kier alpha value is -1.26. The molecule has 0 unspecified atom stereocenters. The molecule has 0 fully saturated rings. The molecule has 13 heavy (non-hydrogen) atoms. The predicted octanol–water partition coefficient (Wildman–Crippen LogP) is 2.01. The van der Waals surface area contributed by atoms with Gasteiger partial charge in [-0.3, -0.25) is 4.79 Å². The van der Waals surface area contributed by atoms with E-state index in [4.69, 9.17) is 0 Å². The Labute approximate surface area is 72.4 Å². The van der Waals surface area contributed by atoms with Gasteiger partial charge < -0.3 is 4.98 Å². The van der Waals surface area contributed by atoms with Crippen molar-refractivity contribution < 1.29 is 13.2 Å². The number of hydrogen-bond donors (Lipinski definition) is 1. The smallest absolute Gasteiger partial charge is 0.355 e. The van der Waals surface area contributed by atoms with Gasteiger partial charge in [0.05, 0.1) is 0 Å². The van der Waals surface area contributed by atoms with Crippen molar-refractivity contribution in [2.24, 2.45) is 0 Å². The number of H-pyrrole nitrogens is 1. The SMILES string of the molecule is Cc1[nH]c(C(F)(F)F)cc(=O)c1C. The molecule has 0 aromatic carbocycles. The van der Waals surface area contributed by atoms with Gasteiger partial charge >= 0.3 is 6.18 Å². The van der Waals surface area contributed by atoms with Gasteiger partial charge in [-0.1, -0.05) is 0 Å². The third-order valence-electron chi connectivity index (χ3n) is 1.84. The van der Waals surface area contributed by atoms with Crippen LogP contribution in [0.3, 0.4) is 0 Å². The first kappa shape index (κ1) is 9.83. The van der Waals surface area contributed by atoms with Crippen LogP contribution < -0.4 is 5.43 Å². The van der Waals surface area contributed by atoms with Gasteiger partial charge in [0.1, 0.15) is 5.69 Å². The summed E-state index contributed by atoms with van der Waals surface area (Å²) in [5.74, 6) is 0. The van der Waals surface area contributed by atoms with E-state index in [9.17, 15) is 18.0 Å². The Kier molecular flexibility index (Phi) is 2.19. The maximum Gasteiger partial charge on any atom is 0.431 e. The molecule has 5 heteroatoms. The monoisotopic (exact) mass is 191 g/mol. The van der Waals surface area contributed by atoms with Crippen molar-refractivity contribution in [1.29, 1.82) is 0 Å². The molecule has 1 aromatic rings. The molecule has 2 nitrogen and oxygen atoms in total. The molecule has 1 aromatic heterocycles. The quantitative estimate of drug-likeness (QED) is 0.668. The lowest BCUT2D eigenvalue weighted by atomic mass is 10.2. The van der Waals surface area contributed by atoms with E-state index in [1.54, 1.807) is 0 Å². The number of aromatic amines is 1. The first-order valence-corrected chi connectivity index (χ1v) is 3.60. The van der Waals surface area contributed by atoms with Crippen molar-refractivity contribution >= 4 is 0 Å². The van der Waals surface area contributed by atoms with Crippen LogP contribution in [0.1, 0.15) is 17.0 Å². The van der Waals surface area contributed by atoms with E-state index in [0.29, 0.717) is 11.6 Å². The number of rotatable bonds is 0. The number of aromatic nitrogens is 1. The number of aryl methyl sites for hydroxylation is 1. The fourth-order valence-corrected chi connectivity index (χ4v) is 0.909. The first-order chi connectivity index (χ1) is 5.82. The zero-order valence-electron chi connectivity index (χ0n) is 7.12. The van der Waals surface area contributed by atoms with Crippen LogP contribution in [-0.2, 0) is 6.18 Å². The molecule has 0 spiro atoms. The van der Waals surface area contributed by atoms with Gasteiger partial charge in [-0.15, -0.1) is 0 Å². The van der Waals surface area contributed by atoms with Crippen LogP contribution in [0.25, 0.3) is 0 Å². The van der Waals surface area contributed by atoms with E-state index in [1.807, 2.05) is 0 Å². The van der Waals surface area contributed by atoms with Crippen molar-refractivity contribution in [3.63, 3.8) is 0 Å². The largest absolute Gasteiger partial charge is 0.431 e. The summed E-state index contributed by atoms with van der Waals surface area (Å²) in [4.78, 5) is 13.1. The average Bonchev–Trinajstić information content (AvgIpc) is 1.97. The van der Waals surface area contributed by atoms with Gasteiger partial charge in [0.25, 0.3) is 0 Å². The molecular weight excluding hydrogens is 183 g/mol. The minimum Gasteiger partial charge on any atom is -0.355 e. The van der Waals surface area contributed by atoms with Crippen molar-refractivity contribution in [2.75, 3.05) is 0 Å². The van der Waals surface area contributed by atoms with Gasteiger partial charge in [-0.05, 0) is 13.8 Å². The maximum atomic E-state index is 12.1. The summed E-state index contributed by atoms with van der Waals surface area (Å²) in [6, 6.07) is 0.572. The second-order valence-corrected chi connectivity index (χ2v) is 2.80. The minimum absolute atomic E-state index is 0.250. The van der Waals surface area contributed by atoms with E-state index in [0.717, 1.165) is 0 Å². The van der Waals surface area contributed by atoms with E-state index in [2.05, 4.69) is 4.98 Å². The van der Waals surface area contributed by atoms with Crippen LogP contribution >= 0.6 is 0 Å². The zero-order chi connectivity index (χ0) is 10.2. The van der Waals surface area contributed by atoms with Gasteiger partial charge in [0.2, 0.25) is 0 Å². The Morgan fingerprint density at radius 1 is 1.31 bits per heavy atom. The molecule has 0 aliphatic heterocycles. The fourth-order valence-electron chi connectivity index (χ4n) is 0.909. The highest BCUT2D eigenvalue weighted by atomic mass is 19.4. The van der Waals surface area contributed by atoms with Crippen molar-refractivity contribution in [2.45, 2.75) is 20.0 Å². The van der Waals surface area contributed by atoms with Gasteiger partial charge in [-0.2, -0.15) is 13.2 Å². The van der Waals surface area contributed by atoms with Crippen molar-refractivity contribution in [3.8, 4) is 0 Å². The zero-order valence-corrected chi connectivity index (χ0v) is 7.12. The van der Waals surface area contributed by atoms with Crippen LogP contribution in [0.5, 0.6) is 0 Å². The van der Waals surface area contributed by atoms with E-state index >= 15 is 0 Å². The molecule has 0 bridgehead atoms. The number of hydrogen-bond acceptors (Lipinski definition) is 1. The van der Waals surface area contributed by atoms with Gasteiger partial charge in [-0.25, -0.2) is 0 Å². The molecular formula is C8H8F3NO. The Morgan fingerprint density at radius 2 is 1.85 bits per heavy atom. The van der Waals surface area contributed by atoms with Gasteiger partial charge in [0, 0.05) is 17.3 Å². The second kappa shape index (κ2) is 2.90. The van der Waals surface area contributed by atoms with E-state index < -0.39 is 17.3 Å². The molecule has 0 saturated heterocycles. The fraction of sp³-hybridized carbons (Fsp3) is 0.375. The molecule has 0 aliphatic carbocycles. The lowest BCUT2D eigenvalue weighted by Gasteiger charge is -2.08. The number of nitrogens with one attached hydrogen (secondary N) is 1. The van der Waals surface area contributed by atoms with Crippen LogP contribution in [-0.4, -0.2) is 4.98 Å². The van der Waals surface area contributed by atoms with Crippen LogP contribution in [0.4, 0.5) is 13.2 Å². The van der Waals surface area contributed by atoms with E-state index in [1.165, 1.54) is 13.8 Å². The standard InChI is InChI=1S/C8H8F3NO/c1-4-5(2)12-7(3-6(4)13)8(9,10)11/h3H,1-2H3,(H,12,13). The summed E-state index contributed by atoms with van der Waals surface area (Å²) >= 11 is 0. The Balaban J connectivity index is 3.38. The minimum atomic E-state index is -4.49. The molecule has 1 rings (SSSR count). The third kappa shape index (κ3) is 1.91. The molecule has 0 aliphatic rings.